The zero-order valence-electron chi connectivity index (χ0n) is 12.6. The molecule has 0 bridgehead atoms. The van der Waals surface area contributed by atoms with Gasteiger partial charge in [0.15, 0.2) is 0 Å². The summed E-state index contributed by atoms with van der Waals surface area (Å²) in [6, 6.07) is 0.902. The number of nitrogens with zero attached hydrogens (tertiary/aromatic N) is 2. The Morgan fingerprint density at radius 2 is 1.55 bits per heavy atom. The van der Waals surface area contributed by atoms with Crippen molar-refractivity contribution in [2.45, 2.75) is 63.5 Å². The first-order chi connectivity index (χ1) is 9.84. The van der Waals surface area contributed by atoms with Gasteiger partial charge < -0.3 is 10.2 Å². The number of hydrogen-bond donors (Lipinski definition) is 1. The minimum Gasteiger partial charge on any atom is -0.339 e. The van der Waals surface area contributed by atoms with Crippen LogP contribution >= 0.6 is 0 Å². The molecule has 1 saturated carbocycles. The zero-order valence-corrected chi connectivity index (χ0v) is 12.6. The van der Waals surface area contributed by atoms with Crippen molar-refractivity contribution in [1.82, 2.24) is 15.1 Å². The third kappa shape index (κ3) is 3.34. The maximum atomic E-state index is 12.6. The van der Waals surface area contributed by atoms with Crippen LogP contribution in [0.2, 0.25) is 0 Å². The van der Waals surface area contributed by atoms with E-state index in [2.05, 4.69) is 15.1 Å². The summed E-state index contributed by atoms with van der Waals surface area (Å²) in [6.45, 7) is 5.06. The van der Waals surface area contributed by atoms with Gasteiger partial charge in [-0.15, -0.1) is 0 Å². The Morgan fingerprint density at radius 3 is 2.30 bits per heavy atom. The highest BCUT2D eigenvalue weighted by Crippen LogP contribution is 2.24. The predicted molar refractivity (Wildman–Crippen MR) is 80.7 cm³/mol. The van der Waals surface area contributed by atoms with Crippen LogP contribution in [-0.4, -0.2) is 60.5 Å². The molecule has 1 amide bonds. The van der Waals surface area contributed by atoms with E-state index in [1.807, 2.05) is 0 Å². The molecule has 4 heteroatoms. The van der Waals surface area contributed by atoms with E-state index in [1.54, 1.807) is 0 Å². The number of carbonyl (C=O) groups excluding carboxylic acids is 1. The molecule has 3 aliphatic rings. The van der Waals surface area contributed by atoms with Gasteiger partial charge in [0.25, 0.3) is 0 Å². The van der Waals surface area contributed by atoms with Crippen LogP contribution in [0.5, 0.6) is 0 Å². The molecule has 0 aromatic carbocycles. The van der Waals surface area contributed by atoms with Crippen molar-refractivity contribution in [3.63, 3.8) is 0 Å². The van der Waals surface area contributed by atoms with E-state index < -0.39 is 0 Å². The quantitative estimate of drug-likeness (QED) is 0.834. The second-order valence-corrected chi connectivity index (χ2v) is 6.66. The molecule has 4 nitrogen and oxygen atoms in total. The van der Waals surface area contributed by atoms with Gasteiger partial charge in [-0.05, 0) is 32.2 Å². The van der Waals surface area contributed by atoms with Gasteiger partial charge in [0.1, 0.15) is 0 Å². The molecule has 3 fully saturated rings. The standard InChI is InChI=1S/C16H29N3O/c20-16(15-8-2-1-5-9-17-15)19-12-10-18(11-13-19)14-6-3-4-7-14/h14-15,17H,1-13H2. The third-order valence-corrected chi connectivity index (χ3v) is 5.33. The van der Waals surface area contributed by atoms with Crippen LogP contribution in [0.4, 0.5) is 0 Å². The van der Waals surface area contributed by atoms with Crippen molar-refractivity contribution in [3.8, 4) is 0 Å². The van der Waals surface area contributed by atoms with E-state index in [-0.39, 0.29) is 6.04 Å². The summed E-state index contributed by atoms with van der Waals surface area (Å²) in [4.78, 5) is 17.3. The third-order valence-electron chi connectivity index (χ3n) is 5.33. The molecule has 2 aliphatic heterocycles. The van der Waals surface area contributed by atoms with Crippen molar-refractivity contribution in [2.24, 2.45) is 0 Å². The SMILES string of the molecule is O=C(C1CCCCCN1)N1CCN(C2CCCC2)CC1. The Labute approximate surface area is 122 Å². The molecule has 1 N–H and O–H groups in total. The maximum absolute atomic E-state index is 12.6. The molecule has 1 unspecified atom stereocenters. The summed E-state index contributed by atoms with van der Waals surface area (Å²) >= 11 is 0. The van der Waals surface area contributed by atoms with Crippen LogP contribution in [0.3, 0.4) is 0 Å². The number of hydrogen-bond acceptors (Lipinski definition) is 3. The fourth-order valence-electron chi connectivity index (χ4n) is 4.04. The van der Waals surface area contributed by atoms with Gasteiger partial charge in [0.2, 0.25) is 5.91 Å². The van der Waals surface area contributed by atoms with Crippen molar-refractivity contribution in [3.05, 3.63) is 0 Å². The summed E-state index contributed by atoms with van der Waals surface area (Å²) < 4.78 is 0. The lowest BCUT2D eigenvalue weighted by Gasteiger charge is -2.39. The van der Waals surface area contributed by atoms with Gasteiger partial charge in [0, 0.05) is 32.2 Å². The average Bonchev–Trinajstić information content (AvgIpc) is 2.89. The highest BCUT2D eigenvalue weighted by Gasteiger charge is 2.30. The first-order valence-corrected chi connectivity index (χ1v) is 8.61. The molecule has 0 aromatic heterocycles. The van der Waals surface area contributed by atoms with Crippen molar-refractivity contribution < 1.29 is 4.79 Å². The molecule has 1 aliphatic carbocycles. The van der Waals surface area contributed by atoms with E-state index in [1.165, 1.54) is 44.9 Å². The first-order valence-electron chi connectivity index (χ1n) is 8.61. The van der Waals surface area contributed by atoms with E-state index in [0.29, 0.717) is 5.91 Å². The molecule has 114 valence electrons. The fourth-order valence-corrected chi connectivity index (χ4v) is 4.04. The fraction of sp³-hybridized carbons (Fsp3) is 0.938. The molecule has 0 spiro atoms. The normalized spacial score (nSPS) is 30.4. The molecule has 20 heavy (non-hydrogen) atoms. The van der Waals surface area contributed by atoms with Gasteiger partial charge in [-0.1, -0.05) is 25.7 Å². The van der Waals surface area contributed by atoms with Gasteiger partial charge in [0.05, 0.1) is 6.04 Å². The lowest BCUT2D eigenvalue weighted by atomic mass is 10.1. The van der Waals surface area contributed by atoms with Gasteiger partial charge in [-0.3, -0.25) is 9.69 Å². The Hall–Kier alpha value is -0.610. The molecule has 2 saturated heterocycles. The Kier molecular flexibility index (Phi) is 4.94. The Bertz CT molecular complexity index is 312. The molecule has 0 radical (unpaired) electrons. The van der Waals surface area contributed by atoms with E-state index in [4.69, 9.17) is 0 Å². The average molecular weight is 279 g/mol. The van der Waals surface area contributed by atoms with Gasteiger partial charge in [-0.2, -0.15) is 0 Å². The van der Waals surface area contributed by atoms with Crippen LogP contribution in [-0.2, 0) is 4.79 Å². The number of rotatable bonds is 2. The zero-order chi connectivity index (χ0) is 13.8. The van der Waals surface area contributed by atoms with Crippen molar-refractivity contribution >= 4 is 5.91 Å². The smallest absolute Gasteiger partial charge is 0.239 e. The number of nitrogens with one attached hydrogen (secondary N) is 1. The summed E-state index contributed by atoms with van der Waals surface area (Å²) in [7, 11) is 0. The van der Waals surface area contributed by atoms with E-state index in [0.717, 1.165) is 45.2 Å². The predicted octanol–water partition coefficient (Wildman–Crippen LogP) is 1.61. The molecule has 3 rings (SSSR count). The number of carbonyl (C=O) groups is 1. The molecule has 1 atom stereocenters. The molecule has 2 heterocycles. The minimum atomic E-state index is 0.0931. The Balaban J connectivity index is 1.48. The molecule has 0 aromatic rings. The summed E-state index contributed by atoms with van der Waals surface area (Å²) in [5, 5.41) is 3.44. The lowest BCUT2D eigenvalue weighted by Crippen LogP contribution is -2.55. The highest BCUT2D eigenvalue weighted by molar-refractivity contribution is 5.82. The first kappa shape index (κ1) is 14.3. The largest absolute Gasteiger partial charge is 0.339 e. The number of amides is 1. The summed E-state index contributed by atoms with van der Waals surface area (Å²) in [5.74, 6) is 0.359. The minimum absolute atomic E-state index is 0.0931. The topological polar surface area (TPSA) is 35.6 Å². The van der Waals surface area contributed by atoms with Crippen LogP contribution in [0, 0.1) is 0 Å². The number of piperazine rings is 1. The van der Waals surface area contributed by atoms with Crippen molar-refractivity contribution in [2.75, 3.05) is 32.7 Å². The second kappa shape index (κ2) is 6.90. The summed E-state index contributed by atoms with van der Waals surface area (Å²) in [6.07, 6.45) is 10.3. The van der Waals surface area contributed by atoms with E-state index in [9.17, 15) is 4.79 Å². The maximum Gasteiger partial charge on any atom is 0.239 e. The lowest BCUT2D eigenvalue weighted by molar-refractivity contribution is -0.135. The van der Waals surface area contributed by atoms with Crippen LogP contribution in [0.1, 0.15) is 51.4 Å². The van der Waals surface area contributed by atoms with Gasteiger partial charge >= 0.3 is 0 Å². The van der Waals surface area contributed by atoms with Crippen LogP contribution in [0.15, 0.2) is 0 Å². The second-order valence-electron chi connectivity index (χ2n) is 6.66. The Morgan fingerprint density at radius 1 is 0.850 bits per heavy atom. The van der Waals surface area contributed by atoms with Gasteiger partial charge in [-0.25, -0.2) is 0 Å². The molecular weight excluding hydrogens is 250 g/mol. The highest BCUT2D eigenvalue weighted by atomic mass is 16.2. The van der Waals surface area contributed by atoms with Crippen LogP contribution in [0.25, 0.3) is 0 Å². The van der Waals surface area contributed by atoms with Crippen LogP contribution < -0.4 is 5.32 Å². The van der Waals surface area contributed by atoms with Crippen molar-refractivity contribution in [1.29, 1.82) is 0 Å². The summed E-state index contributed by atoms with van der Waals surface area (Å²) in [5.41, 5.74) is 0. The molecular formula is C16H29N3O. The van der Waals surface area contributed by atoms with E-state index >= 15 is 0 Å². The monoisotopic (exact) mass is 279 g/mol.